The molecule has 2 fully saturated rings. The van der Waals surface area contributed by atoms with E-state index in [1.165, 1.54) is 24.3 Å². The molecule has 1 N–H and O–H groups in total. The molecule has 2 aliphatic heterocycles. The summed E-state index contributed by atoms with van der Waals surface area (Å²) in [5.41, 5.74) is 0.889. The van der Waals surface area contributed by atoms with Crippen LogP contribution < -0.4 is 4.72 Å². The first-order valence-corrected chi connectivity index (χ1v) is 12.0. The Bertz CT molecular complexity index is 1050. The molecule has 2 heterocycles. The molecule has 2 aliphatic rings. The molecule has 0 radical (unpaired) electrons. The lowest BCUT2D eigenvalue weighted by molar-refractivity contribution is -0.151. The summed E-state index contributed by atoms with van der Waals surface area (Å²) in [6, 6.07) is 14.0. The maximum absolute atomic E-state index is 12.8. The van der Waals surface area contributed by atoms with Crippen molar-refractivity contribution in [3.8, 4) is 0 Å². The second-order valence-corrected chi connectivity index (χ2v) is 10.0. The molecule has 0 aliphatic carbocycles. The van der Waals surface area contributed by atoms with Gasteiger partial charge in [0.05, 0.1) is 11.3 Å². The third-order valence-corrected chi connectivity index (χ3v) is 7.35. The highest BCUT2D eigenvalue weighted by molar-refractivity contribution is 7.90. The molecule has 0 aromatic heterocycles. The zero-order valence-electron chi connectivity index (χ0n) is 16.7. The Morgan fingerprint density at radius 1 is 1.00 bits per heavy atom. The number of piperidine rings is 1. The van der Waals surface area contributed by atoms with Crippen molar-refractivity contribution in [2.75, 3.05) is 0 Å². The Morgan fingerprint density at radius 2 is 1.61 bits per heavy atom. The number of nitrogens with one attached hydrogen (secondary N) is 1. The highest BCUT2D eigenvalue weighted by atomic mass is 35.5. The molecule has 2 aromatic rings. The first kappa shape index (κ1) is 21.6. The summed E-state index contributed by atoms with van der Waals surface area (Å²) in [6.45, 7) is 0. The Morgan fingerprint density at radius 3 is 2.23 bits per heavy atom. The van der Waals surface area contributed by atoms with Gasteiger partial charge in [0.15, 0.2) is 0 Å². The van der Waals surface area contributed by atoms with E-state index in [-0.39, 0.29) is 35.5 Å². The average Bonchev–Trinajstić information content (AvgIpc) is 3.00. The molecule has 1 unspecified atom stereocenters. The van der Waals surface area contributed by atoms with E-state index in [2.05, 4.69) is 4.72 Å². The number of fused-ring (bicyclic) bond motifs is 2. The molecule has 7 nitrogen and oxygen atoms in total. The fourth-order valence-electron chi connectivity index (χ4n) is 4.39. The van der Waals surface area contributed by atoms with Crippen LogP contribution >= 0.6 is 11.6 Å². The quantitative estimate of drug-likeness (QED) is 0.686. The number of benzene rings is 2. The minimum absolute atomic E-state index is 0.0256. The monoisotopic (exact) mass is 462 g/mol. The van der Waals surface area contributed by atoms with Crippen LogP contribution in [0.4, 0.5) is 4.79 Å². The second kappa shape index (κ2) is 8.88. The van der Waals surface area contributed by atoms with E-state index in [4.69, 9.17) is 16.3 Å². The van der Waals surface area contributed by atoms with Gasteiger partial charge >= 0.3 is 12.0 Å². The van der Waals surface area contributed by atoms with Gasteiger partial charge in [-0.2, -0.15) is 0 Å². The van der Waals surface area contributed by atoms with Crippen LogP contribution in [0.1, 0.15) is 31.2 Å². The minimum Gasteiger partial charge on any atom is -0.462 e. The van der Waals surface area contributed by atoms with Crippen LogP contribution in [0, 0.1) is 0 Å². The van der Waals surface area contributed by atoms with Gasteiger partial charge in [-0.25, -0.2) is 17.9 Å². The van der Waals surface area contributed by atoms with Crippen molar-refractivity contribution in [1.29, 1.82) is 0 Å². The van der Waals surface area contributed by atoms with Crippen molar-refractivity contribution >= 4 is 33.6 Å². The number of carbonyl (C=O) groups is 2. The standard InChI is InChI=1S/C22H23ClN2O5S/c23-16-6-10-20(11-7-16)31(28,29)24-22(27)25-17-8-9-18(25)14-19(13-17)30-21(26)12-15-4-2-1-3-5-15/h1-7,10-11,17-19H,8-9,12-14H2,(H,24,27)/t17-,18+,19?. The minimum atomic E-state index is -4.00. The Balaban J connectivity index is 1.36. The topological polar surface area (TPSA) is 92.8 Å². The number of esters is 1. The summed E-state index contributed by atoms with van der Waals surface area (Å²) >= 11 is 5.80. The number of carbonyl (C=O) groups excluding carboxylic acids is 2. The maximum Gasteiger partial charge on any atom is 0.331 e. The first-order chi connectivity index (χ1) is 14.8. The molecule has 4 rings (SSSR count). The SMILES string of the molecule is O=C(Cc1ccccc1)OC1C[C@H]2CC[C@@H](C1)N2C(=O)NS(=O)(=O)c1ccc(Cl)cc1. The van der Waals surface area contributed by atoms with E-state index in [1.807, 2.05) is 30.3 Å². The van der Waals surface area contributed by atoms with Gasteiger partial charge in [-0.1, -0.05) is 41.9 Å². The molecule has 9 heteroatoms. The lowest BCUT2D eigenvalue weighted by Crippen LogP contribution is -2.53. The van der Waals surface area contributed by atoms with E-state index < -0.39 is 16.1 Å². The van der Waals surface area contributed by atoms with Gasteiger partial charge in [-0.05, 0) is 42.7 Å². The van der Waals surface area contributed by atoms with E-state index >= 15 is 0 Å². The Kier molecular flexibility index (Phi) is 6.20. The van der Waals surface area contributed by atoms with E-state index in [0.29, 0.717) is 17.9 Å². The molecule has 2 amide bonds. The van der Waals surface area contributed by atoms with Crippen molar-refractivity contribution in [3.05, 3.63) is 65.2 Å². The second-order valence-electron chi connectivity index (χ2n) is 7.90. The number of nitrogens with zero attached hydrogens (tertiary/aromatic N) is 1. The van der Waals surface area contributed by atoms with Crippen LogP contribution in [-0.4, -0.2) is 43.5 Å². The van der Waals surface area contributed by atoms with Crippen molar-refractivity contribution in [3.63, 3.8) is 0 Å². The van der Waals surface area contributed by atoms with Crippen molar-refractivity contribution in [2.24, 2.45) is 0 Å². The van der Waals surface area contributed by atoms with Crippen LogP contribution in [0.5, 0.6) is 0 Å². The number of sulfonamides is 1. The summed E-state index contributed by atoms with van der Waals surface area (Å²) < 4.78 is 32.9. The zero-order valence-corrected chi connectivity index (χ0v) is 18.3. The normalized spacial score (nSPS) is 22.7. The number of hydrogen-bond donors (Lipinski definition) is 1. The van der Waals surface area contributed by atoms with Gasteiger partial charge in [-0.15, -0.1) is 0 Å². The van der Waals surface area contributed by atoms with Gasteiger partial charge in [-0.3, -0.25) is 4.79 Å². The van der Waals surface area contributed by atoms with Gasteiger partial charge in [0.2, 0.25) is 0 Å². The van der Waals surface area contributed by atoms with Gasteiger partial charge in [0, 0.05) is 29.9 Å². The third-order valence-electron chi connectivity index (χ3n) is 5.76. The van der Waals surface area contributed by atoms with Gasteiger partial charge < -0.3 is 9.64 Å². The maximum atomic E-state index is 12.8. The molecule has 2 aromatic carbocycles. The number of urea groups is 1. The van der Waals surface area contributed by atoms with Crippen molar-refractivity contribution in [1.82, 2.24) is 9.62 Å². The number of hydrogen-bond acceptors (Lipinski definition) is 5. The predicted octanol–water partition coefficient (Wildman–Crippen LogP) is 3.52. The molecule has 31 heavy (non-hydrogen) atoms. The van der Waals surface area contributed by atoms with E-state index in [0.717, 1.165) is 18.4 Å². The van der Waals surface area contributed by atoms with Gasteiger partial charge in [0.1, 0.15) is 6.10 Å². The summed E-state index contributed by atoms with van der Waals surface area (Å²) in [5.74, 6) is -0.293. The molecule has 2 bridgehead atoms. The Hall–Kier alpha value is -2.58. The van der Waals surface area contributed by atoms with Gasteiger partial charge in [0.25, 0.3) is 10.0 Å². The summed E-state index contributed by atoms with van der Waals surface area (Å²) in [4.78, 5) is 26.6. The van der Waals surface area contributed by atoms with E-state index in [9.17, 15) is 18.0 Å². The number of rotatable bonds is 5. The molecule has 3 atom stereocenters. The summed E-state index contributed by atoms with van der Waals surface area (Å²) in [7, 11) is -4.00. The molecule has 0 saturated carbocycles. The van der Waals surface area contributed by atoms with Crippen molar-refractivity contribution in [2.45, 2.75) is 55.2 Å². The highest BCUT2D eigenvalue weighted by Crippen LogP contribution is 2.37. The van der Waals surface area contributed by atoms with Crippen LogP contribution in [0.25, 0.3) is 0 Å². The first-order valence-electron chi connectivity index (χ1n) is 10.2. The average molecular weight is 463 g/mol. The zero-order chi connectivity index (χ0) is 22.0. The summed E-state index contributed by atoms with van der Waals surface area (Å²) in [6.07, 6.45) is 2.45. The van der Waals surface area contributed by atoms with Crippen molar-refractivity contribution < 1.29 is 22.7 Å². The largest absolute Gasteiger partial charge is 0.462 e. The van der Waals surface area contributed by atoms with Crippen LogP contribution in [0.2, 0.25) is 5.02 Å². The molecular formula is C22H23ClN2O5S. The lowest BCUT2D eigenvalue weighted by atomic mass is 10.00. The molecule has 0 spiro atoms. The van der Waals surface area contributed by atoms with Crippen LogP contribution in [0.15, 0.2) is 59.5 Å². The van der Waals surface area contributed by atoms with Crippen LogP contribution in [0.3, 0.4) is 0 Å². The highest BCUT2D eigenvalue weighted by Gasteiger charge is 2.45. The number of amides is 2. The smallest absolute Gasteiger partial charge is 0.331 e. The number of ether oxygens (including phenoxy) is 1. The Labute approximate surface area is 186 Å². The lowest BCUT2D eigenvalue weighted by Gasteiger charge is -2.38. The predicted molar refractivity (Wildman–Crippen MR) is 115 cm³/mol. The van der Waals surface area contributed by atoms with Crippen LogP contribution in [-0.2, 0) is 26.0 Å². The molecular weight excluding hydrogens is 440 g/mol. The summed E-state index contributed by atoms with van der Waals surface area (Å²) in [5, 5.41) is 0.409. The fraction of sp³-hybridized carbons (Fsp3) is 0.364. The number of halogens is 1. The fourth-order valence-corrected chi connectivity index (χ4v) is 5.46. The van der Waals surface area contributed by atoms with E-state index in [1.54, 1.807) is 4.90 Å². The molecule has 164 valence electrons. The molecule has 2 saturated heterocycles. The third kappa shape index (κ3) is 5.02.